The van der Waals surface area contributed by atoms with Gasteiger partial charge in [0.1, 0.15) is 11.6 Å². The SMILES string of the molecule is CC(C)c1ccc(C(=O)NS(=O)(=O)c2cccc(N)n2)c(N2CCC(C)C2(C)C)n1. The number of nitrogen functional groups attached to an aromatic ring is 1. The van der Waals surface area contributed by atoms with E-state index in [0.29, 0.717) is 11.7 Å². The maximum Gasteiger partial charge on any atom is 0.281 e. The summed E-state index contributed by atoms with van der Waals surface area (Å²) in [6.07, 6.45) is 0.965. The molecule has 162 valence electrons. The third-order valence-corrected chi connectivity index (χ3v) is 7.16. The zero-order valence-electron chi connectivity index (χ0n) is 18.0. The molecule has 0 bridgehead atoms. The number of hydrogen-bond donors (Lipinski definition) is 2. The molecule has 30 heavy (non-hydrogen) atoms. The Bertz CT molecular complexity index is 1070. The minimum absolute atomic E-state index is 0.0572. The van der Waals surface area contributed by atoms with E-state index in [2.05, 4.69) is 35.4 Å². The van der Waals surface area contributed by atoms with Gasteiger partial charge in [0.2, 0.25) is 0 Å². The van der Waals surface area contributed by atoms with Gasteiger partial charge >= 0.3 is 0 Å². The van der Waals surface area contributed by atoms with Crippen molar-refractivity contribution >= 4 is 27.6 Å². The van der Waals surface area contributed by atoms with Gasteiger partial charge in [0.25, 0.3) is 15.9 Å². The fourth-order valence-corrected chi connectivity index (χ4v) is 4.53. The van der Waals surface area contributed by atoms with Gasteiger partial charge in [-0.2, -0.15) is 8.42 Å². The van der Waals surface area contributed by atoms with Crippen molar-refractivity contribution in [3.8, 4) is 0 Å². The summed E-state index contributed by atoms with van der Waals surface area (Å²) < 4.78 is 27.5. The molecule has 0 saturated carbocycles. The van der Waals surface area contributed by atoms with Crippen LogP contribution in [0.3, 0.4) is 0 Å². The summed E-state index contributed by atoms with van der Waals surface area (Å²) in [6.45, 7) is 11.2. The second kappa shape index (κ2) is 7.86. The van der Waals surface area contributed by atoms with Crippen LogP contribution in [0.4, 0.5) is 11.6 Å². The summed E-state index contributed by atoms with van der Waals surface area (Å²) in [5, 5.41) is -0.306. The molecule has 3 N–H and O–H groups in total. The van der Waals surface area contributed by atoms with Crippen LogP contribution < -0.4 is 15.4 Å². The van der Waals surface area contributed by atoms with E-state index in [1.165, 1.54) is 18.2 Å². The lowest BCUT2D eigenvalue weighted by Gasteiger charge is -2.37. The number of nitrogens with one attached hydrogen (secondary N) is 1. The molecule has 0 aromatic carbocycles. The number of amides is 1. The molecular formula is C21H29N5O3S. The topological polar surface area (TPSA) is 118 Å². The Morgan fingerprint density at radius 1 is 1.23 bits per heavy atom. The zero-order chi connectivity index (χ0) is 22.3. The van der Waals surface area contributed by atoms with Crippen LogP contribution in [0, 0.1) is 5.92 Å². The summed E-state index contributed by atoms with van der Waals surface area (Å²) in [5.74, 6) is 0.389. The van der Waals surface area contributed by atoms with Crippen LogP contribution in [0.25, 0.3) is 0 Å². The van der Waals surface area contributed by atoms with E-state index in [4.69, 9.17) is 10.7 Å². The predicted molar refractivity (Wildman–Crippen MR) is 117 cm³/mol. The summed E-state index contributed by atoms with van der Waals surface area (Å²) in [5.41, 5.74) is 6.43. The number of nitrogens with two attached hydrogens (primary N) is 1. The molecule has 1 fully saturated rings. The van der Waals surface area contributed by atoms with Gasteiger partial charge in [-0.15, -0.1) is 0 Å². The highest BCUT2D eigenvalue weighted by atomic mass is 32.2. The molecule has 1 saturated heterocycles. The summed E-state index contributed by atoms with van der Waals surface area (Å²) in [6, 6.07) is 7.65. The molecule has 2 aromatic rings. The molecule has 1 unspecified atom stereocenters. The van der Waals surface area contributed by atoms with E-state index in [-0.39, 0.29) is 27.9 Å². The van der Waals surface area contributed by atoms with Gasteiger partial charge < -0.3 is 10.6 Å². The smallest absolute Gasteiger partial charge is 0.281 e. The van der Waals surface area contributed by atoms with E-state index in [1.807, 2.05) is 13.8 Å². The van der Waals surface area contributed by atoms with Crippen molar-refractivity contribution in [1.82, 2.24) is 14.7 Å². The first-order valence-corrected chi connectivity index (χ1v) is 11.5. The fourth-order valence-electron chi connectivity index (χ4n) is 3.59. The first-order valence-electron chi connectivity index (χ1n) is 10.0. The monoisotopic (exact) mass is 431 g/mol. The van der Waals surface area contributed by atoms with Gasteiger partial charge in [-0.3, -0.25) is 4.79 Å². The third-order valence-electron chi connectivity index (χ3n) is 5.92. The Kier molecular flexibility index (Phi) is 5.77. The number of carbonyl (C=O) groups is 1. The minimum atomic E-state index is -4.17. The number of anilines is 2. The van der Waals surface area contributed by atoms with E-state index < -0.39 is 15.9 Å². The van der Waals surface area contributed by atoms with Crippen LogP contribution in [-0.4, -0.2) is 36.4 Å². The van der Waals surface area contributed by atoms with Crippen LogP contribution in [0.2, 0.25) is 0 Å². The third kappa shape index (κ3) is 4.12. The van der Waals surface area contributed by atoms with E-state index in [9.17, 15) is 13.2 Å². The summed E-state index contributed by atoms with van der Waals surface area (Å²) in [4.78, 5) is 23.7. The van der Waals surface area contributed by atoms with Crippen LogP contribution in [0.15, 0.2) is 35.4 Å². The molecule has 1 aliphatic heterocycles. The van der Waals surface area contributed by atoms with Crippen LogP contribution >= 0.6 is 0 Å². The summed E-state index contributed by atoms with van der Waals surface area (Å²) in [7, 11) is -4.17. The molecule has 3 heterocycles. The number of rotatable bonds is 5. The van der Waals surface area contributed by atoms with Crippen molar-refractivity contribution in [3.05, 3.63) is 41.6 Å². The fraction of sp³-hybridized carbons (Fsp3) is 0.476. The molecule has 8 nitrogen and oxygen atoms in total. The van der Waals surface area contributed by atoms with E-state index >= 15 is 0 Å². The van der Waals surface area contributed by atoms with Crippen LogP contribution in [0.5, 0.6) is 0 Å². The molecule has 1 atom stereocenters. The number of hydrogen-bond acceptors (Lipinski definition) is 7. The van der Waals surface area contributed by atoms with Gasteiger partial charge in [0, 0.05) is 17.8 Å². The van der Waals surface area contributed by atoms with Crippen molar-refractivity contribution in [2.75, 3.05) is 17.2 Å². The van der Waals surface area contributed by atoms with Crippen molar-refractivity contribution < 1.29 is 13.2 Å². The normalized spacial score (nSPS) is 18.6. The lowest BCUT2D eigenvalue weighted by atomic mass is 9.90. The predicted octanol–water partition coefficient (Wildman–Crippen LogP) is 2.93. The quantitative estimate of drug-likeness (QED) is 0.747. The lowest BCUT2D eigenvalue weighted by Crippen LogP contribution is -2.44. The van der Waals surface area contributed by atoms with Gasteiger partial charge in [0.15, 0.2) is 5.03 Å². The average Bonchev–Trinajstić information content (AvgIpc) is 2.93. The lowest BCUT2D eigenvalue weighted by molar-refractivity contribution is 0.0981. The Hall–Kier alpha value is -2.68. The molecule has 3 rings (SSSR count). The van der Waals surface area contributed by atoms with Crippen molar-refractivity contribution in [2.24, 2.45) is 5.92 Å². The molecule has 2 aromatic heterocycles. The number of pyridine rings is 2. The molecule has 0 spiro atoms. The largest absolute Gasteiger partial charge is 0.384 e. The first kappa shape index (κ1) is 22.0. The van der Waals surface area contributed by atoms with Gasteiger partial charge in [-0.1, -0.05) is 26.8 Å². The standard InChI is InChI=1S/C21H29N5O3S/c1-13(2)16-10-9-15(19(23-16)26-12-11-14(3)21(26,4)5)20(27)25-30(28,29)18-8-6-7-17(22)24-18/h6-10,13-14H,11-12H2,1-5H3,(H2,22,24)(H,25,27). The zero-order valence-corrected chi connectivity index (χ0v) is 18.8. The second-order valence-electron chi connectivity index (χ2n) is 8.59. The number of sulfonamides is 1. The molecule has 0 aliphatic carbocycles. The molecule has 1 aliphatic rings. The maximum atomic E-state index is 13.1. The highest BCUT2D eigenvalue weighted by Gasteiger charge is 2.41. The second-order valence-corrected chi connectivity index (χ2v) is 10.2. The van der Waals surface area contributed by atoms with Crippen LogP contribution in [0.1, 0.15) is 63.0 Å². The Labute approximate surface area is 178 Å². The van der Waals surface area contributed by atoms with E-state index in [0.717, 1.165) is 18.7 Å². The maximum absolute atomic E-state index is 13.1. The van der Waals surface area contributed by atoms with Crippen LogP contribution in [-0.2, 0) is 10.0 Å². The molecule has 0 radical (unpaired) electrons. The average molecular weight is 432 g/mol. The highest BCUT2D eigenvalue weighted by molar-refractivity contribution is 7.90. The molecular weight excluding hydrogens is 402 g/mol. The highest BCUT2D eigenvalue weighted by Crippen LogP contribution is 2.39. The summed E-state index contributed by atoms with van der Waals surface area (Å²) >= 11 is 0. The Morgan fingerprint density at radius 2 is 1.93 bits per heavy atom. The van der Waals surface area contributed by atoms with Crippen molar-refractivity contribution in [3.63, 3.8) is 0 Å². The Morgan fingerprint density at radius 3 is 2.50 bits per heavy atom. The minimum Gasteiger partial charge on any atom is -0.384 e. The number of carbonyl (C=O) groups excluding carboxylic acids is 1. The number of aromatic nitrogens is 2. The van der Waals surface area contributed by atoms with Gasteiger partial charge in [-0.05, 0) is 56.4 Å². The molecule has 9 heteroatoms. The first-order chi connectivity index (χ1) is 13.9. The Balaban J connectivity index is 2.02. The molecule has 1 amide bonds. The van der Waals surface area contributed by atoms with Crippen molar-refractivity contribution in [1.29, 1.82) is 0 Å². The van der Waals surface area contributed by atoms with Gasteiger partial charge in [-0.25, -0.2) is 14.7 Å². The van der Waals surface area contributed by atoms with Gasteiger partial charge in [0.05, 0.1) is 5.56 Å². The van der Waals surface area contributed by atoms with Crippen molar-refractivity contribution in [2.45, 2.75) is 57.5 Å². The van der Waals surface area contributed by atoms with E-state index in [1.54, 1.807) is 12.1 Å². The number of nitrogens with zero attached hydrogens (tertiary/aromatic N) is 3.